The summed E-state index contributed by atoms with van der Waals surface area (Å²) in [4.78, 5) is 2.88. The smallest absolute Gasteiger partial charge is 0.0114 e. The van der Waals surface area contributed by atoms with Crippen molar-refractivity contribution in [1.29, 1.82) is 0 Å². The van der Waals surface area contributed by atoms with Gasteiger partial charge in [0.25, 0.3) is 0 Å². The predicted octanol–water partition coefficient (Wildman–Crippen LogP) is 8.21. The zero-order valence-electron chi connectivity index (χ0n) is 16.1. The Morgan fingerprint density at radius 1 is 0.654 bits per heavy atom. The lowest BCUT2D eigenvalue weighted by atomic mass is 9.90. The minimum Gasteiger partial charge on any atom is -0.126 e. The summed E-state index contributed by atoms with van der Waals surface area (Å²) in [5.41, 5.74) is 2.87. The van der Waals surface area contributed by atoms with Crippen LogP contribution in [-0.2, 0) is 0 Å². The van der Waals surface area contributed by atoms with Crippen LogP contribution in [0.4, 0.5) is 0 Å². The SMILES string of the molecule is CCCSc1cc2ccc3c(C)c(SCCC)cc4ccc(c1C)c2c43. The maximum Gasteiger partial charge on any atom is 0.0114 e. The van der Waals surface area contributed by atoms with Gasteiger partial charge in [-0.2, -0.15) is 0 Å². The fourth-order valence-electron chi connectivity index (χ4n) is 3.90. The van der Waals surface area contributed by atoms with Crippen LogP contribution in [0, 0.1) is 13.8 Å². The Bertz CT molecular complexity index is 991. The second-order valence-electron chi connectivity index (χ2n) is 7.12. The van der Waals surface area contributed by atoms with Crippen molar-refractivity contribution in [2.45, 2.75) is 50.3 Å². The van der Waals surface area contributed by atoms with Crippen molar-refractivity contribution >= 4 is 55.8 Å². The second-order valence-corrected chi connectivity index (χ2v) is 9.39. The number of rotatable bonds is 6. The Morgan fingerprint density at radius 3 is 1.46 bits per heavy atom. The van der Waals surface area contributed by atoms with Gasteiger partial charge in [-0.3, -0.25) is 0 Å². The first-order valence-corrected chi connectivity index (χ1v) is 11.6. The van der Waals surface area contributed by atoms with Crippen LogP contribution in [0.15, 0.2) is 46.2 Å². The number of aryl methyl sites for hydroxylation is 2. The van der Waals surface area contributed by atoms with Gasteiger partial charge in [0, 0.05) is 9.79 Å². The van der Waals surface area contributed by atoms with E-state index >= 15 is 0 Å². The summed E-state index contributed by atoms with van der Waals surface area (Å²) in [6.45, 7) is 9.09. The molecule has 0 heterocycles. The zero-order valence-corrected chi connectivity index (χ0v) is 17.7. The average molecular weight is 379 g/mol. The first-order valence-electron chi connectivity index (χ1n) is 9.63. The highest BCUT2D eigenvalue weighted by molar-refractivity contribution is 7.99. The number of thioether (sulfide) groups is 2. The molecule has 0 aromatic heterocycles. The highest BCUT2D eigenvalue weighted by Gasteiger charge is 2.15. The fraction of sp³-hybridized carbons (Fsp3) is 0.333. The van der Waals surface area contributed by atoms with E-state index in [1.54, 1.807) is 0 Å². The van der Waals surface area contributed by atoms with Crippen LogP contribution in [0.1, 0.15) is 37.8 Å². The van der Waals surface area contributed by atoms with Crippen molar-refractivity contribution in [1.82, 2.24) is 0 Å². The van der Waals surface area contributed by atoms with Gasteiger partial charge in [-0.25, -0.2) is 0 Å². The predicted molar refractivity (Wildman–Crippen MR) is 122 cm³/mol. The molecule has 134 valence electrons. The summed E-state index contributed by atoms with van der Waals surface area (Å²) >= 11 is 3.99. The lowest BCUT2D eigenvalue weighted by molar-refractivity contribution is 1.10. The lowest BCUT2D eigenvalue weighted by Crippen LogP contribution is -1.92. The molecule has 0 saturated heterocycles. The molecule has 0 aliphatic heterocycles. The minimum atomic E-state index is 1.19. The van der Waals surface area contributed by atoms with Gasteiger partial charge in [-0.15, -0.1) is 23.5 Å². The molecule has 0 bridgehead atoms. The van der Waals surface area contributed by atoms with E-state index in [0.717, 1.165) is 0 Å². The van der Waals surface area contributed by atoms with E-state index in [9.17, 15) is 0 Å². The molecule has 0 saturated carbocycles. The fourth-order valence-corrected chi connectivity index (χ4v) is 5.82. The molecule has 0 N–H and O–H groups in total. The molecule has 0 unspecified atom stereocenters. The first kappa shape index (κ1) is 18.0. The standard InChI is InChI=1S/C24H26S2/c1-5-11-25-21-13-17-7-10-20-16(4)22(26-12-6-2)14-18-8-9-19(15(21)3)23(17)24(18)20/h7-10,13-14H,5-6,11-12H2,1-4H3. The van der Waals surface area contributed by atoms with Gasteiger partial charge >= 0.3 is 0 Å². The molecular weight excluding hydrogens is 352 g/mol. The highest BCUT2D eigenvalue weighted by atomic mass is 32.2. The maximum atomic E-state index is 2.41. The summed E-state index contributed by atoms with van der Waals surface area (Å²) in [7, 11) is 0. The topological polar surface area (TPSA) is 0 Å². The van der Waals surface area contributed by atoms with Crippen LogP contribution >= 0.6 is 23.5 Å². The van der Waals surface area contributed by atoms with Crippen molar-refractivity contribution in [3.63, 3.8) is 0 Å². The van der Waals surface area contributed by atoms with Gasteiger partial charge in [0.2, 0.25) is 0 Å². The van der Waals surface area contributed by atoms with Crippen LogP contribution < -0.4 is 0 Å². The molecule has 2 heteroatoms. The number of hydrogen-bond acceptors (Lipinski definition) is 2. The molecule has 0 spiro atoms. The summed E-state index contributed by atoms with van der Waals surface area (Å²) in [5, 5.41) is 8.52. The van der Waals surface area contributed by atoms with Crippen LogP contribution in [0.3, 0.4) is 0 Å². The Balaban J connectivity index is 2.02. The van der Waals surface area contributed by atoms with Crippen molar-refractivity contribution in [2.75, 3.05) is 11.5 Å². The quantitative estimate of drug-likeness (QED) is 0.245. The van der Waals surface area contributed by atoms with E-state index in [1.165, 1.54) is 77.6 Å². The molecule has 0 nitrogen and oxygen atoms in total. The Kier molecular flexibility index (Phi) is 5.07. The van der Waals surface area contributed by atoms with Crippen LogP contribution in [0.2, 0.25) is 0 Å². The van der Waals surface area contributed by atoms with E-state index in [0.29, 0.717) is 0 Å². The molecule has 4 rings (SSSR count). The van der Waals surface area contributed by atoms with E-state index in [2.05, 4.69) is 64.1 Å². The summed E-state index contributed by atoms with van der Waals surface area (Å²) in [5.74, 6) is 2.37. The van der Waals surface area contributed by atoms with Gasteiger partial charge in [-0.05, 0) is 93.8 Å². The number of hydrogen-bond donors (Lipinski definition) is 0. The van der Waals surface area contributed by atoms with Crippen molar-refractivity contribution < 1.29 is 0 Å². The second kappa shape index (κ2) is 7.32. The monoisotopic (exact) mass is 378 g/mol. The molecule has 26 heavy (non-hydrogen) atoms. The third-order valence-corrected chi connectivity index (χ3v) is 7.96. The van der Waals surface area contributed by atoms with Gasteiger partial charge in [0.05, 0.1) is 0 Å². The van der Waals surface area contributed by atoms with Gasteiger partial charge in [0.1, 0.15) is 0 Å². The van der Waals surface area contributed by atoms with E-state index in [1.807, 2.05) is 23.5 Å². The molecule has 0 atom stereocenters. The largest absolute Gasteiger partial charge is 0.126 e. The van der Waals surface area contributed by atoms with E-state index in [4.69, 9.17) is 0 Å². The Labute approximate surface area is 165 Å². The lowest BCUT2D eigenvalue weighted by Gasteiger charge is -2.18. The van der Waals surface area contributed by atoms with Crippen LogP contribution in [0.25, 0.3) is 32.3 Å². The van der Waals surface area contributed by atoms with Crippen molar-refractivity contribution in [2.24, 2.45) is 0 Å². The Morgan fingerprint density at radius 2 is 1.08 bits per heavy atom. The first-order chi connectivity index (χ1) is 12.7. The molecule has 0 fully saturated rings. The Hall–Kier alpha value is -1.38. The van der Waals surface area contributed by atoms with Gasteiger partial charge < -0.3 is 0 Å². The summed E-state index contributed by atoms with van der Waals surface area (Å²) in [6, 6.07) is 14.2. The van der Waals surface area contributed by atoms with Crippen molar-refractivity contribution in [3.8, 4) is 0 Å². The molecular formula is C24H26S2. The van der Waals surface area contributed by atoms with Crippen molar-refractivity contribution in [3.05, 3.63) is 47.5 Å². The molecule has 0 aliphatic carbocycles. The molecule has 4 aromatic rings. The van der Waals surface area contributed by atoms with E-state index < -0.39 is 0 Å². The normalized spacial score (nSPS) is 12.0. The summed E-state index contributed by atoms with van der Waals surface area (Å²) < 4.78 is 0. The minimum absolute atomic E-state index is 1.19. The summed E-state index contributed by atoms with van der Waals surface area (Å²) in [6.07, 6.45) is 2.43. The van der Waals surface area contributed by atoms with Crippen LogP contribution in [-0.4, -0.2) is 11.5 Å². The zero-order chi connectivity index (χ0) is 18.3. The van der Waals surface area contributed by atoms with Crippen LogP contribution in [0.5, 0.6) is 0 Å². The number of benzene rings is 4. The molecule has 0 radical (unpaired) electrons. The molecule has 0 amide bonds. The third-order valence-electron chi connectivity index (χ3n) is 5.27. The van der Waals surface area contributed by atoms with Gasteiger partial charge in [-0.1, -0.05) is 38.1 Å². The van der Waals surface area contributed by atoms with E-state index in [-0.39, 0.29) is 0 Å². The molecule has 0 aliphatic rings. The molecule has 4 aromatic carbocycles. The van der Waals surface area contributed by atoms with Gasteiger partial charge in [0.15, 0.2) is 0 Å². The average Bonchev–Trinajstić information content (AvgIpc) is 2.66. The maximum absolute atomic E-state index is 2.41. The third kappa shape index (κ3) is 2.88. The highest BCUT2D eigenvalue weighted by Crippen LogP contribution is 2.42.